The molecule has 0 unspecified atom stereocenters. The van der Waals surface area contributed by atoms with E-state index in [9.17, 15) is 4.79 Å². The number of fused-ring (bicyclic) bond motifs is 1. The molecule has 0 radical (unpaired) electrons. The second kappa shape index (κ2) is 7.81. The first kappa shape index (κ1) is 19.2. The van der Waals surface area contributed by atoms with Crippen LogP contribution < -0.4 is 0 Å². The third kappa shape index (κ3) is 3.48. The molecule has 8 heteroatoms. The van der Waals surface area contributed by atoms with Crippen LogP contribution in [0.15, 0.2) is 48.5 Å². The molecule has 1 amide bonds. The van der Waals surface area contributed by atoms with Gasteiger partial charge >= 0.3 is 0 Å². The van der Waals surface area contributed by atoms with Crippen molar-refractivity contribution in [2.24, 2.45) is 0 Å². The number of hydrogen-bond acceptors (Lipinski definition) is 5. The van der Waals surface area contributed by atoms with Gasteiger partial charge in [-0.2, -0.15) is 0 Å². The SMILES string of the molecule is Cc1nc(C(=O)N2CCCC[C@H]2c2nc3ccccc3s2)nn1-c1ccc(Cl)cc1. The van der Waals surface area contributed by atoms with E-state index >= 15 is 0 Å². The number of carbonyl (C=O) groups excluding carboxylic acids is 1. The maximum atomic E-state index is 13.4. The second-order valence-corrected chi connectivity index (χ2v) is 8.90. The summed E-state index contributed by atoms with van der Waals surface area (Å²) in [6, 6.07) is 15.4. The smallest absolute Gasteiger partial charge is 0.294 e. The molecule has 1 fully saturated rings. The number of aromatic nitrogens is 4. The summed E-state index contributed by atoms with van der Waals surface area (Å²) in [7, 11) is 0. The molecule has 0 spiro atoms. The Morgan fingerprint density at radius 3 is 2.70 bits per heavy atom. The summed E-state index contributed by atoms with van der Waals surface area (Å²) >= 11 is 7.65. The van der Waals surface area contributed by atoms with E-state index in [-0.39, 0.29) is 17.8 Å². The van der Waals surface area contributed by atoms with Crippen LogP contribution in [0.3, 0.4) is 0 Å². The summed E-state index contributed by atoms with van der Waals surface area (Å²) in [4.78, 5) is 24.6. The van der Waals surface area contributed by atoms with Gasteiger partial charge in [-0.05, 0) is 62.6 Å². The zero-order chi connectivity index (χ0) is 20.7. The number of likely N-dealkylation sites (tertiary alicyclic amines) is 1. The predicted molar refractivity (Wildman–Crippen MR) is 118 cm³/mol. The number of thiazole rings is 1. The van der Waals surface area contributed by atoms with Gasteiger partial charge in [0.15, 0.2) is 0 Å². The van der Waals surface area contributed by atoms with Crippen LogP contribution in [0.1, 0.15) is 46.8 Å². The van der Waals surface area contributed by atoms with Gasteiger partial charge in [-0.25, -0.2) is 14.6 Å². The lowest BCUT2D eigenvalue weighted by Gasteiger charge is -2.33. The summed E-state index contributed by atoms with van der Waals surface area (Å²) in [6.45, 7) is 2.54. The van der Waals surface area contributed by atoms with E-state index in [1.807, 2.05) is 42.2 Å². The van der Waals surface area contributed by atoms with E-state index in [2.05, 4.69) is 16.1 Å². The molecule has 6 nitrogen and oxygen atoms in total. The predicted octanol–water partition coefficient (Wildman–Crippen LogP) is 5.21. The number of piperidine rings is 1. The normalized spacial score (nSPS) is 16.9. The summed E-state index contributed by atoms with van der Waals surface area (Å²) in [5.74, 6) is 0.736. The molecule has 0 saturated carbocycles. The Labute approximate surface area is 183 Å². The molecule has 4 aromatic rings. The van der Waals surface area contributed by atoms with Crippen LogP contribution >= 0.6 is 22.9 Å². The fourth-order valence-corrected chi connectivity index (χ4v) is 5.14. The Morgan fingerprint density at radius 2 is 1.90 bits per heavy atom. The highest BCUT2D eigenvalue weighted by Gasteiger charge is 2.33. The molecule has 3 heterocycles. The number of benzene rings is 2. The van der Waals surface area contributed by atoms with Crippen molar-refractivity contribution in [2.45, 2.75) is 32.2 Å². The minimum atomic E-state index is -0.144. The van der Waals surface area contributed by atoms with Gasteiger partial charge in [0.2, 0.25) is 5.82 Å². The maximum absolute atomic E-state index is 13.4. The number of nitrogens with zero attached hydrogens (tertiary/aromatic N) is 5. The van der Waals surface area contributed by atoms with Crippen LogP contribution in [0.25, 0.3) is 15.9 Å². The highest BCUT2D eigenvalue weighted by atomic mass is 35.5. The summed E-state index contributed by atoms with van der Waals surface area (Å²) in [5.41, 5.74) is 1.81. The van der Waals surface area contributed by atoms with E-state index in [1.165, 1.54) is 0 Å². The molecule has 30 heavy (non-hydrogen) atoms. The molecule has 1 aliphatic rings. The van der Waals surface area contributed by atoms with Gasteiger partial charge in [0.05, 0.1) is 21.9 Å². The number of hydrogen-bond donors (Lipinski definition) is 0. The molecule has 152 valence electrons. The molecule has 2 aromatic carbocycles. The van der Waals surface area contributed by atoms with Crippen LogP contribution in [0.5, 0.6) is 0 Å². The number of para-hydroxylation sites is 1. The van der Waals surface area contributed by atoms with Crippen molar-refractivity contribution < 1.29 is 4.79 Å². The molecular weight excluding hydrogens is 418 g/mol. The first-order valence-electron chi connectivity index (χ1n) is 9.96. The Bertz CT molecular complexity index is 1180. The number of rotatable bonds is 3. The van der Waals surface area contributed by atoms with Crippen LogP contribution in [0.2, 0.25) is 5.02 Å². The molecule has 1 atom stereocenters. The highest BCUT2D eigenvalue weighted by molar-refractivity contribution is 7.18. The van der Waals surface area contributed by atoms with Crippen LogP contribution in [-0.4, -0.2) is 37.1 Å². The third-order valence-electron chi connectivity index (χ3n) is 5.39. The van der Waals surface area contributed by atoms with Crippen LogP contribution in [0, 0.1) is 6.92 Å². The molecule has 0 bridgehead atoms. The zero-order valence-corrected chi connectivity index (χ0v) is 18.0. The average molecular weight is 438 g/mol. The van der Waals surface area contributed by atoms with Crippen molar-refractivity contribution in [3.8, 4) is 5.69 Å². The van der Waals surface area contributed by atoms with E-state index in [0.717, 1.165) is 40.2 Å². The van der Waals surface area contributed by atoms with Crippen LogP contribution in [0.4, 0.5) is 0 Å². The van der Waals surface area contributed by atoms with Gasteiger partial charge < -0.3 is 4.90 Å². The van der Waals surface area contributed by atoms with Crippen molar-refractivity contribution in [3.05, 3.63) is 70.2 Å². The molecule has 1 aliphatic heterocycles. The van der Waals surface area contributed by atoms with Gasteiger partial charge in [0.1, 0.15) is 10.8 Å². The van der Waals surface area contributed by atoms with E-state index < -0.39 is 0 Å². The minimum absolute atomic E-state index is 0.0357. The van der Waals surface area contributed by atoms with Crippen molar-refractivity contribution in [3.63, 3.8) is 0 Å². The largest absolute Gasteiger partial charge is 0.326 e. The van der Waals surface area contributed by atoms with Crippen molar-refractivity contribution >= 4 is 39.1 Å². The lowest BCUT2D eigenvalue weighted by Crippen LogP contribution is -2.39. The number of halogens is 1. The van der Waals surface area contributed by atoms with E-state index in [4.69, 9.17) is 16.6 Å². The molecule has 2 aromatic heterocycles. The summed E-state index contributed by atoms with van der Waals surface area (Å²) in [6.07, 6.45) is 2.96. The Kier molecular flexibility index (Phi) is 5.00. The first-order valence-corrected chi connectivity index (χ1v) is 11.2. The first-order chi connectivity index (χ1) is 14.6. The monoisotopic (exact) mass is 437 g/mol. The number of amides is 1. The fraction of sp³-hybridized carbons (Fsp3) is 0.273. The van der Waals surface area contributed by atoms with Crippen molar-refractivity contribution in [1.29, 1.82) is 0 Å². The van der Waals surface area contributed by atoms with Gasteiger partial charge in [0, 0.05) is 11.6 Å². The maximum Gasteiger partial charge on any atom is 0.294 e. The lowest BCUT2D eigenvalue weighted by atomic mass is 10.0. The van der Waals surface area contributed by atoms with Crippen LogP contribution in [-0.2, 0) is 0 Å². The Morgan fingerprint density at radius 1 is 1.10 bits per heavy atom. The highest BCUT2D eigenvalue weighted by Crippen LogP contribution is 2.36. The molecular formula is C22H20ClN5OS. The van der Waals surface area contributed by atoms with Crippen molar-refractivity contribution in [1.82, 2.24) is 24.6 Å². The minimum Gasteiger partial charge on any atom is -0.326 e. The van der Waals surface area contributed by atoms with Gasteiger partial charge in [-0.15, -0.1) is 16.4 Å². The van der Waals surface area contributed by atoms with Crippen molar-refractivity contribution in [2.75, 3.05) is 6.54 Å². The van der Waals surface area contributed by atoms with E-state index in [0.29, 0.717) is 17.4 Å². The lowest BCUT2D eigenvalue weighted by molar-refractivity contribution is 0.0598. The van der Waals surface area contributed by atoms with Gasteiger partial charge in [-0.1, -0.05) is 23.7 Å². The molecule has 1 saturated heterocycles. The standard InChI is InChI=1S/C22H20ClN5OS/c1-14-24-20(26-28(14)16-11-9-15(23)10-12-16)22(29)27-13-5-4-7-18(27)21-25-17-6-2-3-8-19(17)30-21/h2-3,6,8-12,18H,4-5,7,13H2,1H3/t18-/m0/s1. The summed E-state index contributed by atoms with van der Waals surface area (Å²) in [5, 5.41) is 6.15. The molecule has 0 N–H and O–H groups in total. The molecule has 0 aliphatic carbocycles. The van der Waals surface area contributed by atoms with Gasteiger partial charge in [-0.3, -0.25) is 4.79 Å². The topological polar surface area (TPSA) is 63.9 Å². The average Bonchev–Trinajstić information content (AvgIpc) is 3.37. The third-order valence-corrected chi connectivity index (χ3v) is 6.78. The Hall–Kier alpha value is -2.77. The number of carbonyl (C=O) groups is 1. The van der Waals surface area contributed by atoms with E-state index in [1.54, 1.807) is 28.2 Å². The Balaban J connectivity index is 1.46. The summed E-state index contributed by atoms with van der Waals surface area (Å²) < 4.78 is 2.83. The van der Waals surface area contributed by atoms with Gasteiger partial charge in [0.25, 0.3) is 5.91 Å². The number of aryl methyl sites for hydroxylation is 1. The molecule has 5 rings (SSSR count). The second-order valence-electron chi connectivity index (χ2n) is 7.40. The zero-order valence-electron chi connectivity index (χ0n) is 16.5. The quantitative estimate of drug-likeness (QED) is 0.441. The fourth-order valence-electron chi connectivity index (χ4n) is 3.90.